The third-order valence-electron chi connectivity index (χ3n) is 7.77. The van der Waals surface area contributed by atoms with Crippen LogP contribution < -0.4 is 4.90 Å². The first-order valence-electron chi connectivity index (χ1n) is 12.9. The number of likely N-dealkylation sites (tertiary alicyclic amines) is 1. The van der Waals surface area contributed by atoms with Crippen LogP contribution in [0.3, 0.4) is 0 Å². The van der Waals surface area contributed by atoms with Gasteiger partial charge in [0.25, 0.3) is 0 Å². The lowest BCUT2D eigenvalue weighted by atomic mass is 9.73. The predicted molar refractivity (Wildman–Crippen MR) is 144 cm³/mol. The molecule has 0 aromatic heterocycles. The molecule has 5 rings (SSSR count). The van der Waals surface area contributed by atoms with Gasteiger partial charge < -0.3 is 9.80 Å². The van der Waals surface area contributed by atoms with E-state index in [4.69, 9.17) is 0 Å². The highest BCUT2D eigenvalue weighted by molar-refractivity contribution is 6.11. The number of piperazine rings is 1. The molecule has 3 aromatic carbocycles. The van der Waals surface area contributed by atoms with Gasteiger partial charge in [-0.15, -0.1) is 0 Å². The second-order valence-electron chi connectivity index (χ2n) is 10.2. The number of benzene rings is 3. The molecule has 37 heavy (non-hydrogen) atoms. The molecule has 0 aliphatic carbocycles. The Morgan fingerprint density at radius 2 is 1.54 bits per heavy atom. The number of nitrogens with zero attached hydrogens (tertiary/aromatic N) is 3. The van der Waals surface area contributed by atoms with Gasteiger partial charge in [-0.2, -0.15) is 0 Å². The summed E-state index contributed by atoms with van der Waals surface area (Å²) in [7, 11) is 0. The van der Waals surface area contributed by atoms with E-state index in [1.165, 1.54) is 4.90 Å². The Morgan fingerprint density at radius 1 is 0.892 bits per heavy atom. The summed E-state index contributed by atoms with van der Waals surface area (Å²) >= 11 is 0. The Hall–Kier alpha value is -3.93. The van der Waals surface area contributed by atoms with Gasteiger partial charge in [0.05, 0.1) is 12.0 Å². The van der Waals surface area contributed by atoms with Crippen molar-refractivity contribution in [3.8, 4) is 0 Å². The molecule has 2 atom stereocenters. The summed E-state index contributed by atoms with van der Waals surface area (Å²) in [6, 6.07) is 27.4. The topological polar surface area (TPSA) is 60.9 Å². The molecule has 6 nitrogen and oxygen atoms in total. The number of hydrogen-bond donors (Lipinski definition) is 0. The Morgan fingerprint density at radius 3 is 2.22 bits per heavy atom. The van der Waals surface area contributed by atoms with Crippen LogP contribution >= 0.6 is 0 Å². The van der Waals surface area contributed by atoms with Gasteiger partial charge in [-0.25, -0.2) is 0 Å². The Balaban J connectivity index is 1.41. The van der Waals surface area contributed by atoms with Crippen molar-refractivity contribution < 1.29 is 14.4 Å². The minimum Gasteiger partial charge on any atom is -0.368 e. The highest BCUT2D eigenvalue weighted by Crippen LogP contribution is 2.42. The second kappa shape index (κ2) is 10.2. The quantitative estimate of drug-likeness (QED) is 0.478. The molecule has 2 fully saturated rings. The molecular formula is C31H33N3O3. The SMILES string of the molecule is Cc1ccccc1[C@@]1(CC(=O)N2CCN(c3ccccc3)C[C@@H]2C)CC(=O)N(Cc2ccccc2)C1=O. The van der Waals surface area contributed by atoms with Gasteiger partial charge in [0.2, 0.25) is 17.7 Å². The number of carbonyl (C=O) groups excluding carboxylic acids is 3. The lowest BCUT2D eigenvalue weighted by molar-refractivity contribution is -0.144. The molecule has 0 unspecified atom stereocenters. The highest BCUT2D eigenvalue weighted by Gasteiger charge is 2.54. The minimum absolute atomic E-state index is 0.00756. The zero-order valence-corrected chi connectivity index (χ0v) is 21.5. The van der Waals surface area contributed by atoms with Crippen molar-refractivity contribution in [2.45, 2.75) is 44.7 Å². The first-order chi connectivity index (χ1) is 17.9. The largest absolute Gasteiger partial charge is 0.368 e. The Labute approximate surface area is 218 Å². The average molecular weight is 496 g/mol. The van der Waals surface area contributed by atoms with Crippen molar-refractivity contribution >= 4 is 23.4 Å². The summed E-state index contributed by atoms with van der Waals surface area (Å²) in [5.41, 5.74) is 2.53. The van der Waals surface area contributed by atoms with Gasteiger partial charge >= 0.3 is 0 Å². The van der Waals surface area contributed by atoms with Crippen LogP contribution in [0.15, 0.2) is 84.9 Å². The fraction of sp³-hybridized carbons (Fsp3) is 0.323. The maximum atomic E-state index is 14.1. The van der Waals surface area contributed by atoms with Crippen LogP contribution in [0.25, 0.3) is 0 Å². The Kier molecular flexibility index (Phi) is 6.83. The molecule has 0 radical (unpaired) electrons. The standard InChI is InChI=1S/C31H33N3O3/c1-23-11-9-10-16-27(23)31(20-29(36)34(30(31)37)22-25-12-5-3-6-13-25)19-28(35)33-18-17-32(21-24(33)2)26-14-7-4-8-15-26/h3-16,24H,17-22H2,1-2H3/t24-,31+/m0/s1. The molecule has 2 aliphatic rings. The lowest BCUT2D eigenvalue weighted by Gasteiger charge is -2.42. The second-order valence-corrected chi connectivity index (χ2v) is 10.2. The molecule has 2 aliphatic heterocycles. The van der Waals surface area contributed by atoms with Crippen LogP contribution in [0, 0.1) is 6.92 Å². The van der Waals surface area contributed by atoms with E-state index in [2.05, 4.69) is 24.0 Å². The van der Waals surface area contributed by atoms with Crippen LogP contribution in [0.5, 0.6) is 0 Å². The summed E-state index contributed by atoms with van der Waals surface area (Å²) in [4.78, 5) is 46.7. The molecule has 0 bridgehead atoms. The molecule has 0 saturated carbocycles. The van der Waals surface area contributed by atoms with Crippen molar-refractivity contribution in [2.24, 2.45) is 0 Å². The molecular weight excluding hydrogens is 462 g/mol. The number of carbonyl (C=O) groups is 3. The van der Waals surface area contributed by atoms with E-state index in [0.29, 0.717) is 6.54 Å². The van der Waals surface area contributed by atoms with E-state index in [9.17, 15) is 14.4 Å². The fourth-order valence-corrected chi connectivity index (χ4v) is 5.84. The molecule has 2 heterocycles. The number of aryl methyl sites for hydroxylation is 1. The number of para-hydroxylation sites is 1. The monoisotopic (exact) mass is 495 g/mol. The third kappa shape index (κ3) is 4.76. The fourth-order valence-electron chi connectivity index (χ4n) is 5.84. The maximum Gasteiger partial charge on any atom is 0.241 e. The molecule has 190 valence electrons. The van der Waals surface area contributed by atoms with Crippen molar-refractivity contribution in [1.29, 1.82) is 0 Å². The summed E-state index contributed by atoms with van der Waals surface area (Å²) in [6.45, 7) is 6.24. The summed E-state index contributed by atoms with van der Waals surface area (Å²) < 4.78 is 0. The van der Waals surface area contributed by atoms with E-state index < -0.39 is 5.41 Å². The van der Waals surface area contributed by atoms with Crippen molar-refractivity contribution in [3.63, 3.8) is 0 Å². The normalized spacial score (nSPS) is 22.0. The van der Waals surface area contributed by atoms with Crippen LogP contribution in [0.4, 0.5) is 5.69 Å². The molecule has 3 aromatic rings. The van der Waals surface area contributed by atoms with Crippen LogP contribution in [0.2, 0.25) is 0 Å². The smallest absolute Gasteiger partial charge is 0.241 e. The molecule has 0 spiro atoms. The number of rotatable bonds is 6. The summed E-state index contributed by atoms with van der Waals surface area (Å²) in [5, 5.41) is 0. The van der Waals surface area contributed by atoms with Gasteiger partial charge in [-0.05, 0) is 42.7 Å². The molecule has 2 saturated heterocycles. The van der Waals surface area contributed by atoms with Crippen molar-refractivity contribution in [1.82, 2.24) is 9.80 Å². The lowest BCUT2D eigenvalue weighted by Crippen LogP contribution is -2.55. The number of imide groups is 1. The van der Waals surface area contributed by atoms with Crippen LogP contribution in [-0.2, 0) is 26.3 Å². The zero-order valence-electron chi connectivity index (χ0n) is 21.5. The van der Waals surface area contributed by atoms with Gasteiger partial charge in [-0.1, -0.05) is 72.8 Å². The summed E-state index contributed by atoms with van der Waals surface area (Å²) in [6.07, 6.45) is -0.00296. The van der Waals surface area contributed by atoms with E-state index in [1.807, 2.05) is 84.6 Å². The number of hydrogen-bond acceptors (Lipinski definition) is 4. The van der Waals surface area contributed by atoms with Gasteiger partial charge in [0, 0.05) is 44.2 Å². The third-order valence-corrected chi connectivity index (χ3v) is 7.77. The number of anilines is 1. The van der Waals surface area contributed by atoms with Gasteiger partial charge in [-0.3, -0.25) is 19.3 Å². The van der Waals surface area contributed by atoms with Crippen molar-refractivity contribution in [2.75, 3.05) is 24.5 Å². The van der Waals surface area contributed by atoms with Gasteiger partial charge in [0.1, 0.15) is 0 Å². The highest BCUT2D eigenvalue weighted by atomic mass is 16.2. The van der Waals surface area contributed by atoms with Crippen molar-refractivity contribution in [3.05, 3.63) is 102 Å². The molecule has 0 N–H and O–H groups in total. The van der Waals surface area contributed by atoms with E-state index >= 15 is 0 Å². The van der Waals surface area contributed by atoms with E-state index in [0.717, 1.165) is 35.5 Å². The Bertz CT molecular complexity index is 1290. The van der Waals surface area contributed by atoms with E-state index in [1.54, 1.807) is 0 Å². The minimum atomic E-state index is -1.19. The zero-order chi connectivity index (χ0) is 26.0. The molecule has 6 heteroatoms. The summed E-state index contributed by atoms with van der Waals surface area (Å²) in [5.74, 6) is -0.586. The van der Waals surface area contributed by atoms with Crippen LogP contribution in [0.1, 0.15) is 36.5 Å². The first kappa shape index (κ1) is 24.8. The number of amides is 3. The first-order valence-corrected chi connectivity index (χ1v) is 12.9. The van der Waals surface area contributed by atoms with Gasteiger partial charge in [0.15, 0.2) is 0 Å². The predicted octanol–water partition coefficient (Wildman–Crippen LogP) is 4.32. The molecule has 3 amide bonds. The maximum absolute atomic E-state index is 14.1. The van der Waals surface area contributed by atoms with Crippen LogP contribution in [-0.4, -0.2) is 53.2 Å². The van der Waals surface area contributed by atoms with E-state index in [-0.39, 0.29) is 43.1 Å². The average Bonchev–Trinajstić information content (AvgIpc) is 3.14.